The van der Waals surface area contributed by atoms with Crippen LogP contribution in [0.4, 0.5) is 5.82 Å². The lowest BCUT2D eigenvalue weighted by Crippen LogP contribution is -2.49. The molecule has 1 aliphatic heterocycles. The molecule has 1 saturated heterocycles. The van der Waals surface area contributed by atoms with Gasteiger partial charge in [-0.25, -0.2) is 28.1 Å². The van der Waals surface area contributed by atoms with Crippen molar-refractivity contribution in [1.82, 2.24) is 29.0 Å². The van der Waals surface area contributed by atoms with Crippen LogP contribution in [0.3, 0.4) is 0 Å². The Kier molecular flexibility index (Phi) is 5.50. The van der Waals surface area contributed by atoms with E-state index < -0.39 is 10.0 Å². The molecule has 0 atom stereocenters. The van der Waals surface area contributed by atoms with E-state index in [-0.39, 0.29) is 10.6 Å². The van der Waals surface area contributed by atoms with Crippen LogP contribution in [0, 0.1) is 0 Å². The van der Waals surface area contributed by atoms with Gasteiger partial charge in [0, 0.05) is 38.3 Å². The SMILES string of the molecule is COc1ccc(S(=O)(=O)N2CCN(c3cc(-n4cncn4)ncn3)CC2)c(OC)c1. The third-order valence-electron chi connectivity index (χ3n) is 4.84. The van der Waals surface area contributed by atoms with E-state index >= 15 is 0 Å². The van der Waals surface area contributed by atoms with Crippen LogP contribution in [0.15, 0.2) is 48.1 Å². The summed E-state index contributed by atoms with van der Waals surface area (Å²) in [6.07, 6.45) is 4.44. The van der Waals surface area contributed by atoms with Gasteiger partial charge in [0.05, 0.1) is 14.2 Å². The predicted molar refractivity (Wildman–Crippen MR) is 107 cm³/mol. The van der Waals surface area contributed by atoms with Gasteiger partial charge in [-0.3, -0.25) is 0 Å². The van der Waals surface area contributed by atoms with Crippen molar-refractivity contribution in [3.8, 4) is 17.3 Å². The molecular weight excluding hydrogens is 410 g/mol. The Morgan fingerprint density at radius 3 is 2.37 bits per heavy atom. The number of anilines is 1. The molecule has 12 heteroatoms. The minimum absolute atomic E-state index is 0.120. The molecular formula is C18H21N7O4S. The molecule has 0 bridgehead atoms. The molecule has 0 amide bonds. The smallest absolute Gasteiger partial charge is 0.246 e. The first-order chi connectivity index (χ1) is 14.5. The van der Waals surface area contributed by atoms with Crippen molar-refractivity contribution in [1.29, 1.82) is 0 Å². The van der Waals surface area contributed by atoms with Gasteiger partial charge in [0.25, 0.3) is 0 Å². The normalized spacial score (nSPS) is 15.2. The quantitative estimate of drug-likeness (QED) is 0.553. The van der Waals surface area contributed by atoms with Crippen LogP contribution in [-0.4, -0.2) is 77.9 Å². The van der Waals surface area contributed by atoms with Crippen LogP contribution in [0.25, 0.3) is 5.82 Å². The summed E-state index contributed by atoms with van der Waals surface area (Å²) >= 11 is 0. The molecule has 1 aliphatic rings. The van der Waals surface area contributed by atoms with Crippen molar-refractivity contribution in [2.75, 3.05) is 45.3 Å². The summed E-state index contributed by atoms with van der Waals surface area (Å²) in [6.45, 7) is 1.62. The third-order valence-corrected chi connectivity index (χ3v) is 6.78. The molecule has 1 aromatic carbocycles. The fraction of sp³-hybridized carbons (Fsp3) is 0.333. The van der Waals surface area contributed by atoms with E-state index in [2.05, 4.69) is 20.1 Å². The zero-order valence-corrected chi connectivity index (χ0v) is 17.4. The lowest BCUT2D eigenvalue weighted by molar-refractivity contribution is 0.369. The first kappa shape index (κ1) is 20.0. The van der Waals surface area contributed by atoms with Crippen molar-refractivity contribution in [3.05, 3.63) is 43.2 Å². The van der Waals surface area contributed by atoms with Gasteiger partial charge >= 0.3 is 0 Å². The lowest BCUT2D eigenvalue weighted by Gasteiger charge is -2.34. The highest BCUT2D eigenvalue weighted by atomic mass is 32.2. The van der Waals surface area contributed by atoms with E-state index in [1.54, 1.807) is 29.2 Å². The summed E-state index contributed by atoms with van der Waals surface area (Å²) < 4.78 is 39.7. The highest BCUT2D eigenvalue weighted by Crippen LogP contribution is 2.31. The maximum Gasteiger partial charge on any atom is 0.246 e. The number of aromatic nitrogens is 5. The number of benzene rings is 1. The first-order valence-corrected chi connectivity index (χ1v) is 10.6. The van der Waals surface area contributed by atoms with Crippen molar-refractivity contribution in [3.63, 3.8) is 0 Å². The molecule has 3 aromatic rings. The van der Waals surface area contributed by atoms with Crippen LogP contribution in [0.5, 0.6) is 11.5 Å². The van der Waals surface area contributed by atoms with Gasteiger partial charge < -0.3 is 14.4 Å². The minimum Gasteiger partial charge on any atom is -0.497 e. The number of nitrogens with zero attached hydrogens (tertiary/aromatic N) is 7. The van der Waals surface area contributed by atoms with Gasteiger partial charge in [-0.05, 0) is 12.1 Å². The number of ether oxygens (including phenoxy) is 2. The number of rotatable bonds is 6. The van der Waals surface area contributed by atoms with E-state index in [1.807, 2.05) is 4.90 Å². The topological polar surface area (TPSA) is 116 Å². The maximum atomic E-state index is 13.2. The van der Waals surface area contributed by atoms with Crippen molar-refractivity contribution in [2.24, 2.45) is 0 Å². The van der Waals surface area contributed by atoms with E-state index in [4.69, 9.17) is 9.47 Å². The van der Waals surface area contributed by atoms with Gasteiger partial charge in [-0.1, -0.05) is 0 Å². The van der Waals surface area contributed by atoms with Crippen LogP contribution in [0.1, 0.15) is 0 Å². The summed E-state index contributed by atoms with van der Waals surface area (Å²) in [4.78, 5) is 14.6. The fourth-order valence-electron chi connectivity index (χ4n) is 3.25. The molecule has 0 spiro atoms. The van der Waals surface area contributed by atoms with Crippen LogP contribution in [0.2, 0.25) is 0 Å². The molecule has 1 fully saturated rings. The van der Waals surface area contributed by atoms with Gasteiger partial charge in [-0.2, -0.15) is 9.40 Å². The summed E-state index contributed by atoms with van der Waals surface area (Å²) in [6, 6.07) is 6.48. The molecule has 3 heterocycles. The summed E-state index contributed by atoms with van der Waals surface area (Å²) in [7, 11) is -0.753. The van der Waals surface area contributed by atoms with Gasteiger partial charge in [0.15, 0.2) is 5.82 Å². The Morgan fingerprint density at radius 1 is 0.933 bits per heavy atom. The third kappa shape index (κ3) is 3.78. The number of hydrogen-bond donors (Lipinski definition) is 0. The van der Waals surface area contributed by atoms with Crippen LogP contribution in [-0.2, 0) is 10.0 Å². The molecule has 30 heavy (non-hydrogen) atoms. The minimum atomic E-state index is -3.71. The number of sulfonamides is 1. The zero-order chi connectivity index (χ0) is 21.1. The number of piperazine rings is 1. The number of hydrogen-bond acceptors (Lipinski definition) is 9. The molecule has 158 valence electrons. The van der Waals surface area contributed by atoms with Crippen LogP contribution < -0.4 is 14.4 Å². The standard InChI is InChI=1S/C18H21N7O4S/c1-28-14-3-4-16(15(9-14)29-2)30(26,27)24-7-5-23(6-8-24)17-10-18(21-12-20-17)25-13-19-11-22-25/h3-4,9-13H,5-8H2,1-2H3. The Bertz CT molecular complexity index is 1110. The lowest BCUT2D eigenvalue weighted by atomic mass is 10.3. The largest absolute Gasteiger partial charge is 0.497 e. The average Bonchev–Trinajstić information content (AvgIpc) is 3.34. The Hall–Kier alpha value is -3.25. The van der Waals surface area contributed by atoms with Crippen molar-refractivity contribution >= 4 is 15.8 Å². The molecule has 0 N–H and O–H groups in total. The van der Waals surface area contributed by atoms with Gasteiger partial charge in [0.1, 0.15) is 41.2 Å². The Labute approximate surface area is 174 Å². The monoisotopic (exact) mass is 431 g/mol. The van der Waals surface area contributed by atoms with E-state index in [0.717, 1.165) is 0 Å². The second kappa shape index (κ2) is 8.24. The summed E-state index contributed by atoms with van der Waals surface area (Å²) in [5.41, 5.74) is 0. The second-order valence-electron chi connectivity index (χ2n) is 6.48. The Balaban J connectivity index is 1.50. The number of methoxy groups -OCH3 is 2. The molecule has 0 aliphatic carbocycles. The predicted octanol–water partition coefficient (Wildman–Crippen LogP) is 0.585. The van der Waals surface area contributed by atoms with E-state index in [0.29, 0.717) is 43.6 Å². The van der Waals surface area contributed by atoms with Gasteiger partial charge in [0.2, 0.25) is 10.0 Å². The van der Waals surface area contributed by atoms with Crippen LogP contribution >= 0.6 is 0 Å². The molecule has 0 radical (unpaired) electrons. The van der Waals surface area contributed by atoms with Gasteiger partial charge in [-0.15, -0.1) is 0 Å². The first-order valence-electron chi connectivity index (χ1n) is 9.17. The molecule has 0 unspecified atom stereocenters. The summed E-state index contributed by atoms with van der Waals surface area (Å²) in [5.74, 6) is 2.08. The highest BCUT2D eigenvalue weighted by molar-refractivity contribution is 7.89. The maximum absolute atomic E-state index is 13.2. The molecule has 11 nitrogen and oxygen atoms in total. The molecule has 4 rings (SSSR count). The molecule has 2 aromatic heterocycles. The van der Waals surface area contributed by atoms with E-state index in [1.165, 1.54) is 37.2 Å². The Morgan fingerprint density at radius 2 is 1.70 bits per heavy atom. The van der Waals surface area contributed by atoms with Crippen molar-refractivity contribution < 1.29 is 17.9 Å². The average molecular weight is 431 g/mol. The zero-order valence-electron chi connectivity index (χ0n) is 16.5. The second-order valence-corrected chi connectivity index (χ2v) is 8.39. The fourth-order valence-corrected chi connectivity index (χ4v) is 4.81. The summed E-state index contributed by atoms with van der Waals surface area (Å²) in [5, 5.41) is 4.07. The highest BCUT2D eigenvalue weighted by Gasteiger charge is 2.31. The molecule has 0 saturated carbocycles. The van der Waals surface area contributed by atoms with E-state index in [9.17, 15) is 8.42 Å². The van der Waals surface area contributed by atoms with Crippen molar-refractivity contribution in [2.45, 2.75) is 4.90 Å².